The number of thiophene rings is 1. The Morgan fingerprint density at radius 2 is 1.83 bits per heavy atom. The molecule has 1 aromatic heterocycles. The van der Waals surface area contributed by atoms with E-state index < -0.39 is 0 Å². The summed E-state index contributed by atoms with van der Waals surface area (Å²) in [6.45, 7) is 8.21. The van der Waals surface area contributed by atoms with Gasteiger partial charge in [0.1, 0.15) is 5.75 Å². The van der Waals surface area contributed by atoms with E-state index >= 15 is 0 Å². The molecule has 1 aromatic carbocycles. The molecule has 0 bridgehead atoms. The average Bonchev–Trinajstić information content (AvgIpc) is 2.73. The second-order valence-corrected chi connectivity index (χ2v) is 6.09. The van der Waals surface area contributed by atoms with Gasteiger partial charge in [-0.1, -0.05) is 0 Å². The van der Waals surface area contributed by atoms with Gasteiger partial charge in [-0.15, -0.1) is 11.3 Å². The smallest absolute Gasteiger partial charge is 0.118 e. The van der Waals surface area contributed by atoms with Crippen LogP contribution >= 0.6 is 11.3 Å². The largest absolute Gasteiger partial charge is 0.508 e. The highest BCUT2D eigenvalue weighted by molar-refractivity contribution is 7.12. The standard InChI is InChI=1S/C15H19NOS/c1-9-8-14(17)10(2)7-13(9)16-12(4)15-6-5-11(3)18-15/h5-8,12,16-17H,1-4H3. The number of anilines is 1. The summed E-state index contributed by atoms with van der Waals surface area (Å²) in [7, 11) is 0. The molecule has 18 heavy (non-hydrogen) atoms. The molecule has 0 aliphatic carbocycles. The molecule has 0 saturated heterocycles. The predicted octanol–water partition coefficient (Wildman–Crippen LogP) is 4.55. The zero-order valence-electron chi connectivity index (χ0n) is 11.2. The first-order valence-electron chi connectivity index (χ1n) is 6.10. The van der Waals surface area contributed by atoms with Gasteiger partial charge in [0.05, 0.1) is 6.04 Å². The number of phenolic OH excluding ortho intramolecular Hbond substituents is 1. The molecule has 2 nitrogen and oxygen atoms in total. The minimum absolute atomic E-state index is 0.284. The van der Waals surface area contributed by atoms with Crippen molar-refractivity contribution in [3.63, 3.8) is 0 Å². The minimum atomic E-state index is 0.284. The number of benzene rings is 1. The Morgan fingerprint density at radius 3 is 2.44 bits per heavy atom. The molecule has 0 spiro atoms. The number of aryl methyl sites for hydroxylation is 3. The van der Waals surface area contributed by atoms with Gasteiger partial charge in [0.25, 0.3) is 0 Å². The highest BCUT2D eigenvalue weighted by Gasteiger charge is 2.10. The normalized spacial score (nSPS) is 12.4. The summed E-state index contributed by atoms with van der Waals surface area (Å²) in [5.74, 6) is 0.359. The predicted molar refractivity (Wildman–Crippen MR) is 78.7 cm³/mol. The van der Waals surface area contributed by atoms with Crippen molar-refractivity contribution in [3.05, 3.63) is 45.1 Å². The maximum absolute atomic E-state index is 9.65. The maximum Gasteiger partial charge on any atom is 0.118 e. The van der Waals surface area contributed by atoms with E-state index in [0.717, 1.165) is 16.8 Å². The van der Waals surface area contributed by atoms with Crippen LogP contribution in [-0.4, -0.2) is 5.11 Å². The third-order valence-electron chi connectivity index (χ3n) is 3.10. The third kappa shape index (κ3) is 2.67. The van der Waals surface area contributed by atoms with Crippen LogP contribution < -0.4 is 5.32 Å². The van der Waals surface area contributed by atoms with Crippen LogP contribution in [0.5, 0.6) is 5.75 Å². The quantitative estimate of drug-likeness (QED) is 0.794. The minimum Gasteiger partial charge on any atom is -0.508 e. The van der Waals surface area contributed by atoms with Crippen molar-refractivity contribution in [2.75, 3.05) is 5.32 Å². The van der Waals surface area contributed by atoms with Gasteiger partial charge in [-0.2, -0.15) is 0 Å². The Kier molecular flexibility index (Phi) is 3.62. The monoisotopic (exact) mass is 261 g/mol. The second kappa shape index (κ2) is 5.02. The summed E-state index contributed by atoms with van der Waals surface area (Å²) < 4.78 is 0. The van der Waals surface area contributed by atoms with Gasteiger partial charge in [0.15, 0.2) is 0 Å². The molecule has 2 aromatic rings. The molecular formula is C15H19NOS. The summed E-state index contributed by atoms with van der Waals surface area (Å²) >= 11 is 1.82. The van der Waals surface area contributed by atoms with E-state index in [4.69, 9.17) is 0 Å². The molecule has 96 valence electrons. The molecule has 0 aliphatic heterocycles. The highest BCUT2D eigenvalue weighted by atomic mass is 32.1. The SMILES string of the molecule is Cc1ccc(C(C)Nc2cc(C)c(O)cc2C)s1. The summed E-state index contributed by atoms with van der Waals surface area (Å²) in [5.41, 5.74) is 3.06. The van der Waals surface area contributed by atoms with Crippen LogP contribution in [0.15, 0.2) is 24.3 Å². The fourth-order valence-corrected chi connectivity index (χ4v) is 2.83. The maximum atomic E-state index is 9.65. The van der Waals surface area contributed by atoms with Crippen LogP contribution in [0.4, 0.5) is 5.69 Å². The molecule has 0 fully saturated rings. The fraction of sp³-hybridized carbons (Fsp3) is 0.333. The van der Waals surface area contributed by atoms with Crippen molar-refractivity contribution >= 4 is 17.0 Å². The summed E-state index contributed by atoms with van der Waals surface area (Å²) in [4.78, 5) is 2.66. The van der Waals surface area contributed by atoms with Gasteiger partial charge in [0.2, 0.25) is 0 Å². The molecule has 2 rings (SSSR count). The first kappa shape index (κ1) is 13.0. The highest BCUT2D eigenvalue weighted by Crippen LogP contribution is 2.30. The van der Waals surface area contributed by atoms with Crippen LogP contribution in [-0.2, 0) is 0 Å². The van der Waals surface area contributed by atoms with Crippen molar-refractivity contribution in [1.82, 2.24) is 0 Å². The van der Waals surface area contributed by atoms with Gasteiger partial charge in [-0.25, -0.2) is 0 Å². The van der Waals surface area contributed by atoms with Crippen LogP contribution in [0.2, 0.25) is 0 Å². The number of nitrogens with one attached hydrogen (secondary N) is 1. The molecule has 0 amide bonds. The Labute approximate surface area is 112 Å². The van der Waals surface area contributed by atoms with Crippen LogP contribution in [0.3, 0.4) is 0 Å². The van der Waals surface area contributed by atoms with Gasteiger partial charge in [0, 0.05) is 15.4 Å². The van der Waals surface area contributed by atoms with Crippen molar-refractivity contribution in [2.45, 2.75) is 33.7 Å². The number of phenols is 1. The lowest BCUT2D eigenvalue weighted by Crippen LogP contribution is -2.06. The van der Waals surface area contributed by atoms with E-state index in [1.54, 1.807) is 0 Å². The molecular weight excluding hydrogens is 242 g/mol. The Morgan fingerprint density at radius 1 is 1.11 bits per heavy atom. The summed E-state index contributed by atoms with van der Waals surface area (Å²) in [6.07, 6.45) is 0. The van der Waals surface area contributed by atoms with Crippen molar-refractivity contribution in [3.8, 4) is 5.75 Å². The lowest BCUT2D eigenvalue weighted by Gasteiger charge is -2.17. The molecule has 2 N–H and O–H groups in total. The van der Waals surface area contributed by atoms with Gasteiger partial charge in [-0.3, -0.25) is 0 Å². The average molecular weight is 261 g/mol. The molecule has 1 heterocycles. The first-order valence-corrected chi connectivity index (χ1v) is 6.92. The van der Waals surface area contributed by atoms with Crippen molar-refractivity contribution in [2.24, 2.45) is 0 Å². The van der Waals surface area contributed by atoms with E-state index in [1.807, 2.05) is 37.3 Å². The lowest BCUT2D eigenvalue weighted by atomic mass is 10.1. The van der Waals surface area contributed by atoms with Crippen LogP contribution in [0.1, 0.15) is 33.8 Å². The molecule has 1 unspecified atom stereocenters. The number of hydrogen-bond donors (Lipinski definition) is 2. The topological polar surface area (TPSA) is 32.3 Å². The second-order valence-electron chi connectivity index (χ2n) is 4.77. The van der Waals surface area contributed by atoms with E-state index in [9.17, 15) is 5.11 Å². The van der Waals surface area contributed by atoms with E-state index in [-0.39, 0.29) is 6.04 Å². The third-order valence-corrected chi connectivity index (χ3v) is 4.29. The molecule has 0 saturated carbocycles. The summed E-state index contributed by atoms with van der Waals surface area (Å²) in [6, 6.07) is 8.41. The van der Waals surface area contributed by atoms with E-state index in [0.29, 0.717) is 5.75 Å². The van der Waals surface area contributed by atoms with Gasteiger partial charge in [-0.05, 0) is 63.1 Å². The van der Waals surface area contributed by atoms with Gasteiger partial charge >= 0.3 is 0 Å². The molecule has 1 atom stereocenters. The van der Waals surface area contributed by atoms with Crippen molar-refractivity contribution < 1.29 is 5.11 Å². The Balaban J connectivity index is 2.21. The number of rotatable bonds is 3. The lowest BCUT2D eigenvalue weighted by molar-refractivity contribution is 0.471. The van der Waals surface area contributed by atoms with Crippen LogP contribution in [0, 0.1) is 20.8 Å². The van der Waals surface area contributed by atoms with Crippen LogP contribution in [0.25, 0.3) is 0 Å². The number of aromatic hydroxyl groups is 1. The fourth-order valence-electron chi connectivity index (χ4n) is 1.95. The zero-order chi connectivity index (χ0) is 13.3. The Bertz CT molecular complexity index is 560. The van der Waals surface area contributed by atoms with E-state index in [1.165, 1.54) is 9.75 Å². The van der Waals surface area contributed by atoms with Gasteiger partial charge < -0.3 is 10.4 Å². The molecule has 0 radical (unpaired) electrons. The number of hydrogen-bond acceptors (Lipinski definition) is 3. The Hall–Kier alpha value is -1.48. The summed E-state index contributed by atoms with van der Waals surface area (Å²) in [5, 5.41) is 13.2. The molecule has 3 heteroatoms. The first-order chi connectivity index (χ1) is 8.47. The van der Waals surface area contributed by atoms with Crippen molar-refractivity contribution in [1.29, 1.82) is 0 Å². The zero-order valence-corrected chi connectivity index (χ0v) is 12.1. The van der Waals surface area contributed by atoms with E-state index in [2.05, 4.69) is 31.3 Å². The molecule has 0 aliphatic rings.